The molecule has 2 saturated heterocycles. The molecule has 2 aromatic heterocycles. The summed E-state index contributed by atoms with van der Waals surface area (Å²) in [5, 5.41) is 16.0. The number of carbonyl (C=O) groups is 1. The first-order chi connectivity index (χ1) is 17.7. The Kier molecular flexibility index (Phi) is 5.82. The van der Waals surface area contributed by atoms with Crippen LogP contribution in [0.2, 0.25) is 0 Å². The van der Waals surface area contributed by atoms with Gasteiger partial charge in [0, 0.05) is 37.3 Å². The number of nitrogens with zero attached hydrogens (tertiary/aromatic N) is 6. The molecule has 37 heavy (non-hydrogen) atoms. The third-order valence-corrected chi connectivity index (χ3v) is 8.40. The average Bonchev–Trinajstić information content (AvgIpc) is 3.51. The number of halogens is 1. The molecule has 4 heterocycles. The minimum absolute atomic E-state index is 0.128. The first kappa shape index (κ1) is 24.1. The molecule has 6 rings (SSSR count). The Morgan fingerprint density at radius 2 is 1.70 bits per heavy atom. The van der Waals surface area contributed by atoms with Crippen LogP contribution >= 0.6 is 0 Å². The fourth-order valence-corrected chi connectivity index (χ4v) is 5.55. The van der Waals surface area contributed by atoms with Crippen molar-refractivity contribution in [3.63, 3.8) is 0 Å². The van der Waals surface area contributed by atoms with Crippen molar-refractivity contribution in [3.8, 4) is 5.69 Å². The molecule has 1 saturated carbocycles. The molecule has 3 fully saturated rings. The van der Waals surface area contributed by atoms with Crippen LogP contribution in [0.3, 0.4) is 0 Å². The number of hydrogen-bond acceptors (Lipinski definition) is 6. The van der Waals surface area contributed by atoms with Gasteiger partial charge >= 0.3 is 0 Å². The molecule has 0 radical (unpaired) electrons. The van der Waals surface area contributed by atoms with Crippen molar-refractivity contribution in [3.05, 3.63) is 47.1 Å². The lowest BCUT2D eigenvalue weighted by atomic mass is 9.90. The molecule has 1 amide bonds. The minimum atomic E-state index is -1.07. The number of anilines is 1. The quantitative estimate of drug-likeness (QED) is 0.569. The van der Waals surface area contributed by atoms with E-state index in [1.54, 1.807) is 4.68 Å². The lowest BCUT2D eigenvalue weighted by Crippen LogP contribution is -2.51. The summed E-state index contributed by atoms with van der Waals surface area (Å²) >= 11 is 0. The van der Waals surface area contributed by atoms with E-state index in [0.29, 0.717) is 62.9 Å². The summed E-state index contributed by atoms with van der Waals surface area (Å²) in [7, 11) is 0. The van der Waals surface area contributed by atoms with E-state index in [9.17, 15) is 19.1 Å². The predicted molar refractivity (Wildman–Crippen MR) is 138 cm³/mol. The standard InChI is InChI=1S/C27H33FN6O3/c1-26(8-9-26)25(36)32-14-10-27(37,11-15-32)17-33-18-29-23-22(24(33)35)16-30-34(23)21-4-2-20(3-5-21)31-12-6-19(28)7-13-31/h2-5,16,18-19,37H,6-15,17H2,1H3. The first-order valence-electron chi connectivity index (χ1n) is 13.2. The van der Waals surface area contributed by atoms with Gasteiger partial charge < -0.3 is 14.9 Å². The number of hydrogen-bond donors (Lipinski definition) is 1. The molecule has 2 aliphatic heterocycles. The summed E-state index contributed by atoms with van der Waals surface area (Å²) in [6, 6.07) is 7.82. The highest BCUT2D eigenvalue weighted by molar-refractivity contribution is 5.85. The Bertz CT molecular complexity index is 1360. The number of aromatic nitrogens is 4. The Morgan fingerprint density at radius 1 is 1.05 bits per heavy atom. The normalized spacial score (nSPS) is 21.4. The van der Waals surface area contributed by atoms with Crippen LogP contribution in [-0.2, 0) is 11.3 Å². The largest absolute Gasteiger partial charge is 0.388 e. The van der Waals surface area contributed by atoms with Crippen LogP contribution in [0.25, 0.3) is 16.7 Å². The van der Waals surface area contributed by atoms with Gasteiger partial charge in [-0.05, 0) is 62.8 Å². The number of aliphatic hydroxyl groups is 1. The number of fused-ring (bicyclic) bond motifs is 1. The number of likely N-dealkylation sites (tertiary alicyclic amines) is 1. The summed E-state index contributed by atoms with van der Waals surface area (Å²) in [4.78, 5) is 34.4. The van der Waals surface area contributed by atoms with Gasteiger partial charge in [0.05, 0.1) is 24.0 Å². The van der Waals surface area contributed by atoms with Crippen molar-refractivity contribution in [2.75, 3.05) is 31.1 Å². The molecule has 1 aromatic carbocycles. The number of amides is 1. The number of benzene rings is 1. The lowest BCUT2D eigenvalue weighted by Gasteiger charge is -2.39. The topological polar surface area (TPSA) is 96.5 Å². The summed E-state index contributed by atoms with van der Waals surface area (Å²) < 4.78 is 16.6. The Morgan fingerprint density at radius 3 is 2.35 bits per heavy atom. The van der Waals surface area contributed by atoms with Gasteiger partial charge in [-0.2, -0.15) is 5.10 Å². The maximum atomic E-state index is 13.5. The average molecular weight is 509 g/mol. The SMILES string of the molecule is CC1(C(=O)N2CCC(O)(Cn3cnc4c(cnn4-c4ccc(N5CCC(F)CC5)cc4)c3=O)CC2)CC1. The van der Waals surface area contributed by atoms with Gasteiger partial charge in [-0.15, -0.1) is 0 Å². The summed E-state index contributed by atoms with van der Waals surface area (Å²) in [5.41, 5.74) is 0.743. The molecule has 196 valence electrons. The van der Waals surface area contributed by atoms with Gasteiger partial charge in [-0.1, -0.05) is 6.92 Å². The van der Waals surface area contributed by atoms with Crippen molar-refractivity contribution in [2.24, 2.45) is 5.41 Å². The third kappa shape index (κ3) is 4.52. The molecule has 1 N–H and O–H groups in total. The number of carbonyl (C=O) groups excluding carboxylic acids is 1. The van der Waals surface area contributed by atoms with E-state index in [4.69, 9.17) is 0 Å². The van der Waals surface area contributed by atoms with Crippen LogP contribution < -0.4 is 10.5 Å². The summed E-state index contributed by atoms with van der Waals surface area (Å²) in [5.74, 6) is 0.180. The zero-order valence-corrected chi connectivity index (χ0v) is 21.1. The van der Waals surface area contributed by atoms with Gasteiger partial charge in [0.15, 0.2) is 5.65 Å². The second kappa shape index (κ2) is 8.93. The molecule has 0 atom stereocenters. The Labute approximate surface area is 214 Å². The molecular formula is C27H33FN6O3. The zero-order valence-electron chi connectivity index (χ0n) is 21.1. The van der Waals surface area contributed by atoms with E-state index in [-0.39, 0.29) is 23.4 Å². The molecule has 10 heteroatoms. The Balaban J connectivity index is 1.17. The van der Waals surface area contributed by atoms with Crippen LogP contribution in [0.15, 0.2) is 41.6 Å². The first-order valence-corrected chi connectivity index (χ1v) is 13.2. The van der Waals surface area contributed by atoms with Crippen LogP contribution in [0.4, 0.5) is 10.1 Å². The number of rotatable bonds is 5. The molecule has 0 unspecified atom stereocenters. The van der Waals surface area contributed by atoms with Crippen LogP contribution in [0, 0.1) is 5.41 Å². The molecule has 1 aliphatic carbocycles. The highest BCUT2D eigenvalue weighted by Crippen LogP contribution is 2.47. The van der Waals surface area contributed by atoms with Crippen LogP contribution in [0.1, 0.15) is 45.4 Å². The van der Waals surface area contributed by atoms with Gasteiger partial charge in [0.2, 0.25) is 5.91 Å². The highest BCUT2D eigenvalue weighted by atomic mass is 19.1. The molecule has 3 aliphatic rings. The van der Waals surface area contributed by atoms with Crippen molar-refractivity contribution < 1.29 is 14.3 Å². The molecular weight excluding hydrogens is 475 g/mol. The zero-order chi connectivity index (χ0) is 25.8. The van der Waals surface area contributed by atoms with Crippen molar-refractivity contribution in [1.82, 2.24) is 24.2 Å². The van der Waals surface area contributed by atoms with E-state index in [2.05, 4.69) is 15.0 Å². The third-order valence-electron chi connectivity index (χ3n) is 8.40. The molecule has 9 nitrogen and oxygen atoms in total. The van der Waals surface area contributed by atoms with Gasteiger partial charge in [0.25, 0.3) is 5.56 Å². The second-order valence-electron chi connectivity index (χ2n) is 11.2. The molecule has 3 aromatic rings. The highest BCUT2D eigenvalue weighted by Gasteiger charge is 2.48. The van der Waals surface area contributed by atoms with E-state index in [1.807, 2.05) is 36.1 Å². The maximum Gasteiger partial charge on any atom is 0.264 e. The van der Waals surface area contributed by atoms with Gasteiger partial charge in [-0.3, -0.25) is 14.2 Å². The van der Waals surface area contributed by atoms with E-state index >= 15 is 0 Å². The Hall–Kier alpha value is -3.27. The van der Waals surface area contributed by atoms with Crippen molar-refractivity contribution in [1.29, 1.82) is 0 Å². The minimum Gasteiger partial charge on any atom is -0.388 e. The van der Waals surface area contributed by atoms with Gasteiger partial charge in [-0.25, -0.2) is 14.1 Å². The van der Waals surface area contributed by atoms with E-state index in [0.717, 1.165) is 24.2 Å². The fraction of sp³-hybridized carbons (Fsp3) is 0.556. The fourth-order valence-electron chi connectivity index (χ4n) is 5.55. The monoisotopic (exact) mass is 508 g/mol. The van der Waals surface area contributed by atoms with Crippen LogP contribution in [0.5, 0.6) is 0 Å². The summed E-state index contributed by atoms with van der Waals surface area (Å²) in [6.45, 7) is 4.52. The van der Waals surface area contributed by atoms with Crippen molar-refractivity contribution >= 4 is 22.6 Å². The van der Waals surface area contributed by atoms with Gasteiger partial charge in [0.1, 0.15) is 17.9 Å². The predicted octanol–water partition coefficient (Wildman–Crippen LogP) is 2.67. The lowest BCUT2D eigenvalue weighted by molar-refractivity contribution is -0.141. The number of piperidine rings is 2. The van der Waals surface area contributed by atoms with E-state index in [1.165, 1.54) is 17.1 Å². The van der Waals surface area contributed by atoms with Crippen molar-refractivity contribution in [2.45, 2.75) is 63.8 Å². The molecule has 0 bridgehead atoms. The maximum absolute atomic E-state index is 13.5. The smallest absolute Gasteiger partial charge is 0.264 e. The molecule has 0 spiro atoms. The van der Waals surface area contributed by atoms with E-state index < -0.39 is 11.8 Å². The number of alkyl halides is 1. The summed E-state index contributed by atoms with van der Waals surface area (Å²) in [6.07, 6.45) is 6.09. The second-order valence-corrected chi connectivity index (χ2v) is 11.2. The van der Waals surface area contributed by atoms with Crippen LogP contribution in [-0.4, -0.2) is 73.2 Å².